The minimum absolute atomic E-state index is 0.224. The van der Waals surface area contributed by atoms with Gasteiger partial charge in [-0.1, -0.05) is 60.7 Å². The van der Waals surface area contributed by atoms with Crippen LogP contribution in [-0.4, -0.2) is 12.7 Å². The predicted molar refractivity (Wildman–Crippen MR) is 153 cm³/mol. The molecule has 2 aliphatic rings. The van der Waals surface area contributed by atoms with E-state index in [1.807, 2.05) is 15.5 Å². The topological polar surface area (TPSA) is 12.0 Å². The molecule has 3 heteroatoms. The van der Waals surface area contributed by atoms with Crippen molar-refractivity contribution in [3.8, 4) is 11.1 Å². The molecule has 3 aromatic rings. The summed E-state index contributed by atoms with van der Waals surface area (Å²) in [6, 6.07) is 33.0. The van der Waals surface area contributed by atoms with Crippen LogP contribution in [0, 0.1) is 5.92 Å². The number of hydrogen-bond acceptors (Lipinski definition) is 1. The van der Waals surface area contributed by atoms with Crippen molar-refractivity contribution >= 4 is 11.9 Å². The monoisotopic (exact) mass is 647 g/mol. The molecule has 5 rings (SSSR count). The Morgan fingerprint density at radius 2 is 1.20 bits per heavy atom. The molecule has 1 saturated carbocycles. The zero-order valence-corrected chi connectivity index (χ0v) is 27.2. The first-order chi connectivity index (χ1) is 16.9. The molecule has 0 radical (unpaired) electrons. The smallest absolute Gasteiger partial charge is 0.0184 e. The summed E-state index contributed by atoms with van der Waals surface area (Å²) >= 11 is -2.63. The Morgan fingerprint density at radius 3 is 1.60 bits per heavy atom. The maximum atomic E-state index is 4.32. The molecule has 1 fully saturated rings. The van der Waals surface area contributed by atoms with Gasteiger partial charge in [-0.25, -0.2) is 0 Å². The standard InChI is InChI=1S/C12H10.C9H13.C6H7Si.C4H8N.CH3.Hf/c1-3-7-11(8-4-1)12-9-5-2-6-10-12;1-6-5-7(2)9(4)8(6)3;7-6-4-2-1-3-5-6;5-4-2-1-3-4;;/h1-10H;6H,1-4H3;1-5H,7H2;4-5H,1-3H2;1H3;/q;;;-1;;+1. The molecular weight excluding hydrogens is 605 g/mol. The quantitative estimate of drug-likeness (QED) is 0.278. The summed E-state index contributed by atoms with van der Waals surface area (Å²) in [7, 11) is 0. The van der Waals surface area contributed by atoms with Crippen LogP contribution in [0.3, 0.4) is 0 Å². The van der Waals surface area contributed by atoms with Crippen LogP contribution in [0.4, 0.5) is 0 Å². The van der Waals surface area contributed by atoms with E-state index < -0.39 is 19.4 Å². The van der Waals surface area contributed by atoms with Crippen molar-refractivity contribution in [2.45, 2.75) is 57.7 Å². The number of hydrogen-bond donors (Lipinski definition) is 1. The van der Waals surface area contributed by atoms with E-state index in [1.165, 1.54) is 30.4 Å². The minimum Gasteiger partial charge on any atom is -0.0622 e. The molecule has 1 N–H and O–H groups in total. The molecule has 182 valence electrons. The summed E-state index contributed by atoms with van der Waals surface area (Å²) in [6.45, 7) is 9.34. The first kappa shape index (κ1) is 26.3. The maximum absolute atomic E-state index is 4.32. The van der Waals surface area contributed by atoms with E-state index in [9.17, 15) is 0 Å². The van der Waals surface area contributed by atoms with Gasteiger partial charge in [-0.2, -0.15) is 0 Å². The molecular formula is C32H41HfNSi. The van der Waals surface area contributed by atoms with Crippen molar-refractivity contribution in [3.05, 3.63) is 111 Å². The molecule has 0 aliphatic heterocycles. The van der Waals surface area contributed by atoms with Crippen molar-refractivity contribution in [2.75, 3.05) is 0 Å². The number of benzene rings is 3. The molecule has 0 saturated heterocycles. The Morgan fingerprint density at radius 1 is 0.714 bits per heavy atom. The first-order valence-corrected chi connectivity index (χ1v) is 29.4. The normalized spacial score (nSPS) is 20.0. The molecule has 0 heterocycles. The second kappa shape index (κ2) is 11.9. The summed E-state index contributed by atoms with van der Waals surface area (Å²) in [5.41, 5.74) is 7.41. The Hall–Kier alpha value is -1.81. The fraction of sp³-hybridized carbons (Fsp3) is 0.312. The second-order valence-electron chi connectivity index (χ2n) is 10.6. The van der Waals surface area contributed by atoms with Crippen molar-refractivity contribution in [1.29, 1.82) is 0 Å². The van der Waals surface area contributed by atoms with Crippen LogP contribution in [0.5, 0.6) is 0 Å². The van der Waals surface area contributed by atoms with E-state index in [4.69, 9.17) is 0 Å². The van der Waals surface area contributed by atoms with E-state index in [0.29, 0.717) is 5.92 Å². The van der Waals surface area contributed by atoms with Crippen molar-refractivity contribution in [1.82, 2.24) is 3.30 Å². The molecule has 2 atom stereocenters. The predicted octanol–water partition coefficient (Wildman–Crippen LogP) is 7.27. The summed E-state index contributed by atoms with van der Waals surface area (Å²) < 4.78 is 8.93. The number of nitrogens with one attached hydrogen (secondary N) is 1. The molecule has 1 nitrogen and oxygen atoms in total. The maximum Gasteiger partial charge on any atom is -0.0184 e. The minimum atomic E-state index is -2.63. The van der Waals surface area contributed by atoms with Crippen LogP contribution >= 0.6 is 0 Å². The summed E-state index contributed by atoms with van der Waals surface area (Å²) in [4.78, 5) is 0. The van der Waals surface area contributed by atoms with Gasteiger partial charge in [0, 0.05) is 0 Å². The Kier molecular flexibility index (Phi) is 8.96. The Labute approximate surface area is 219 Å². The average Bonchev–Trinajstić information content (AvgIpc) is 3.06. The number of allylic oxidation sites excluding steroid dienone is 4. The third-order valence-corrected chi connectivity index (χ3v) is 37.5. The van der Waals surface area contributed by atoms with E-state index in [0.717, 1.165) is 6.04 Å². The Balaban J connectivity index is 0.000000201. The molecule has 2 aliphatic carbocycles. The van der Waals surface area contributed by atoms with Crippen molar-refractivity contribution in [3.63, 3.8) is 0 Å². The van der Waals surface area contributed by atoms with Gasteiger partial charge in [-0.05, 0) is 11.1 Å². The Bertz CT molecular complexity index is 1130. The molecule has 0 amide bonds. The molecule has 0 spiro atoms. The third kappa shape index (κ3) is 6.31. The van der Waals surface area contributed by atoms with Gasteiger partial charge in [0.25, 0.3) is 0 Å². The summed E-state index contributed by atoms with van der Waals surface area (Å²) in [5.74, 6) is 0.686. The van der Waals surface area contributed by atoms with Crippen LogP contribution in [-0.2, 0) is 19.4 Å². The van der Waals surface area contributed by atoms with Crippen LogP contribution in [0.25, 0.3) is 11.1 Å². The van der Waals surface area contributed by atoms with E-state index in [2.05, 4.69) is 115 Å². The molecule has 3 aromatic carbocycles. The SMILES string of the molecule is CC1=C(C)C(C)[C]([Hf]([CH3])([NH]C2CCC2)[SiH2]c2ccccc2)=C1C.c1ccc(-c2ccccc2)cc1. The third-order valence-electron chi connectivity index (χ3n) is 8.14. The summed E-state index contributed by atoms with van der Waals surface area (Å²) in [6.07, 6.45) is 4.24. The van der Waals surface area contributed by atoms with Gasteiger partial charge in [0.2, 0.25) is 0 Å². The van der Waals surface area contributed by atoms with Gasteiger partial charge in [0.15, 0.2) is 0 Å². The zero-order chi connectivity index (χ0) is 24.8. The van der Waals surface area contributed by atoms with Gasteiger partial charge in [0.05, 0.1) is 0 Å². The largest absolute Gasteiger partial charge is 0.0622 e. The van der Waals surface area contributed by atoms with Gasteiger partial charge in [-0.3, -0.25) is 0 Å². The van der Waals surface area contributed by atoms with E-state index in [1.54, 1.807) is 21.9 Å². The fourth-order valence-corrected chi connectivity index (χ4v) is 41.6. The van der Waals surface area contributed by atoms with Crippen LogP contribution < -0.4 is 8.49 Å². The average molecular weight is 646 g/mol. The van der Waals surface area contributed by atoms with Gasteiger partial charge in [-0.15, -0.1) is 0 Å². The summed E-state index contributed by atoms with van der Waals surface area (Å²) in [5, 5.41) is 1.66. The molecule has 0 bridgehead atoms. The second-order valence-corrected chi connectivity index (χ2v) is 39.7. The van der Waals surface area contributed by atoms with E-state index in [-0.39, 0.29) is 6.71 Å². The van der Waals surface area contributed by atoms with Gasteiger partial charge in [0.1, 0.15) is 0 Å². The first-order valence-electron chi connectivity index (χ1n) is 13.2. The van der Waals surface area contributed by atoms with Crippen LogP contribution in [0.2, 0.25) is 4.68 Å². The molecule has 0 aromatic heterocycles. The molecule has 2 unspecified atom stereocenters. The van der Waals surface area contributed by atoms with Gasteiger partial charge >= 0.3 is 149 Å². The van der Waals surface area contributed by atoms with Crippen molar-refractivity contribution in [2.24, 2.45) is 5.92 Å². The molecule has 35 heavy (non-hydrogen) atoms. The zero-order valence-electron chi connectivity index (χ0n) is 22.1. The van der Waals surface area contributed by atoms with Crippen LogP contribution in [0.1, 0.15) is 47.0 Å². The fourth-order valence-electron chi connectivity index (χ4n) is 5.75. The van der Waals surface area contributed by atoms with E-state index >= 15 is 0 Å². The van der Waals surface area contributed by atoms with Gasteiger partial charge < -0.3 is 0 Å². The number of rotatable bonds is 6. The van der Waals surface area contributed by atoms with Crippen LogP contribution in [0.15, 0.2) is 111 Å². The van der Waals surface area contributed by atoms with Crippen molar-refractivity contribution < 1.29 is 19.4 Å².